The molecular weight excluding hydrogens is 316 g/mol. The molecule has 3 rings (SSSR count). The maximum absolute atomic E-state index is 11.3. The Morgan fingerprint density at radius 3 is 2.61 bits per heavy atom. The van der Waals surface area contributed by atoms with Gasteiger partial charge in [0.15, 0.2) is 16.8 Å². The van der Waals surface area contributed by atoms with E-state index < -0.39 is 12.3 Å². The van der Waals surface area contributed by atoms with Crippen LogP contribution >= 0.6 is 12.6 Å². The van der Waals surface area contributed by atoms with Gasteiger partial charge in [-0.2, -0.15) is 0 Å². The third kappa shape index (κ3) is 2.88. The van der Waals surface area contributed by atoms with Crippen molar-refractivity contribution in [3.8, 4) is 0 Å². The first-order valence-electron chi connectivity index (χ1n) is 6.87. The third-order valence-corrected chi connectivity index (χ3v) is 3.72. The standard InChI is InChI=1S/C14H16N6O2S/c15-9(21)7-19-10-11(16)17-13(23)18-12(10)20(14(19)22)6-8-4-2-1-3-5-8/h1-5,14,22H,6-7H2,(H2,15,21)(H3,16,17,18,23). The molecule has 5 N–H and O–H groups in total. The predicted molar refractivity (Wildman–Crippen MR) is 88.9 cm³/mol. The van der Waals surface area contributed by atoms with E-state index in [4.69, 9.17) is 11.5 Å². The summed E-state index contributed by atoms with van der Waals surface area (Å²) in [4.78, 5) is 22.5. The van der Waals surface area contributed by atoms with E-state index in [1.165, 1.54) is 4.90 Å². The fourth-order valence-electron chi connectivity index (χ4n) is 2.58. The Hall–Kier alpha value is -2.52. The third-order valence-electron chi connectivity index (χ3n) is 3.52. The Balaban J connectivity index is 2.03. The molecule has 0 saturated carbocycles. The number of aliphatic hydroxyl groups is 1. The summed E-state index contributed by atoms with van der Waals surface area (Å²) < 4.78 is 0. The van der Waals surface area contributed by atoms with Gasteiger partial charge in [-0.15, -0.1) is 12.6 Å². The second-order valence-electron chi connectivity index (χ2n) is 5.14. The molecule has 0 spiro atoms. The Kier molecular flexibility index (Phi) is 3.97. The Bertz CT molecular complexity index is 742. The molecule has 2 heterocycles. The zero-order valence-corrected chi connectivity index (χ0v) is 13.0. The van der Waals surface area contributed by atoms with Crippen molar-refractivity contribution in [1.82, 2.24) is 9.97 Å². The van der Waals surface area contributed by atoms with Crippen LogP contribution < -0.4 is 21.3 Å². The zero-order valence-electron chi connectivity index (χ0n) is 12.1. The van der Waals surface area contributed by atoms with Crippen LogP contribution in [0.4, 0.5) is 17.3 Å². The van der Waals surface area contributed by atoms with Crippen LogP contribution in [0.1, 0.15) is 5.56 Å². The van der Waals surface area contributed by atoms with Crippen LogP contribution in [-0.2, 0) is 11.3 Å². The Morgan fingerprint density at radius 1 is 1.26 bits per heavy atom. The molecule has 0 aliphatic carbocycles. The summed E-state index contributed by atoms with van der Waals surface area (Å²) >= 11 is 4.13. The number of carbonyl (C=O) groups is 1. The van der Waals surface area contributed by atoms with E-state index in [9.17, 15) is 9.90 Å². The zero-order chi connectivity index (χ0) is 16.6. The summed E-state index contributed by atoms with van der Waals surface area (Å²) in [5, 5.41) is 10.8. The lowest BCUT2D eigenvalue weighted by atomic mass is 10.2. The number of thiol groups is 1. The second-order valence-corrected chi connectivity index (χ2v) is 5.54. The minimum Gasteiger partial charge on any atom is -0.382 e. The molecule has 1 atom stereocenters. The first kappa shape index (κ1) is 15.4. The monoisotopic (exact) mass is 332 g/mol. The number of aromatic nitrogens is 2. The molecule has 0 fully saturated rings. The molecule has 0 bridgehead atoms. The number of nitrogens with zero attached hydrogens (tertiary/aromatic N) is 4. The molecule has 1 aliphatic rings. The minimum absolute atomic E-state index is 0.135. The molecular formula is C14H16N6O2S. The number of nitrogen functional groups attached to an aromatic ring is 1. The number of amides is 1. The Morgan fingerprint density at radius 2 is 1.96 bits per heavy atom. The number of nitrogens with two attached hydrogens (primary N) is 2. The number of hydrogen-bond donors (Lipinski definition) is 4. The summed E-state index contributed by atoms with van der Waals surface area (Å²) in [6.07, 6.45) is -1.12. The first-order chi connectivity index (χ1) is 11.0. The van der Waals surface area contributed by atoms with Crippen molar-refractivity contribution >= 4 is 35.9 Å². The van der Waals surface area contributed by atoms with Gasteiger partial charge in [-0.05, 0) is 5.56 Å². The van der Waals surface area contributed by atoms with Gasteiger partial charge in [-0.1, -0.05) is 30.3 Å². The van der Waals surface area contributed by atoms with Crippen LogP contribution in [0.25, 0.3) is 0 Å². The van der Waals surface area contributed by atoms with Crippen LogP contribution in [0, 0.1) is 0 Å². The van der Waals surface area contributed by atoms with Crippen LogP contribution in [0.2, 0.25) is 0 Å². The van der Waals surface area contributed by atoms with Crippen molar-refractivity contribution in [2.75, 3.05) is 22.1 Å². The largest absolute Gasteiger partial charge is 0.382 e. The van der Waals surface area contributed by atoms with E-state index in [1.54, 1.807) is 4.90 Å². The number of hydrogen-bond acceptors (Lipinski definition) is 8. The van der Waals surface area contributed by atoms with Gasteiger partial charge in [-0.25, -0.2) is 9.97 Å². The van der Waals surface area contributed by atoms with Crippen LogP contribution in [0.3, 0.4) is 0 Å². The highest BCUT2D eigenvalue weighted by Gasteiger charge is 2.39. The van der Waals surface area contributed by atoms with Crippen molar-refractivity contribution in [2.45, 2.75) is 18.1 Å². The molecule has 120 valence electrons. The van der Waals surface area contributed by atoms with Crippen molar-refractivity contribution in [3.63, 3.8) is 0 Å². The molecule has 9 heteroatoms. The molecule has 0 saturated heterocycles. The molecule has 1 unspecified atom stereocenters. The summed E-state index contributed by atoms with van der Waals surface area (Å²) in [5.41, 5.74) is 12.5. The highest BCUT2D eigenvalue weighted by atomic mass is 32.1. The maximum atomic E-state index is 11.3. The number of carbonyl (C=O) groups excluding carboxylic acids is 1. The van der Waals surface area contributed by atoms with Gasteiger partial charge in [0.05, 0.1) is 0 Å². The lowest BCUT2D eigenvalue weighted by molar-refractivity contribution is -0.117. The summed E-state index contributed by atoms with van der Waals surface area (Å²) in [7, 11) is 0. The number of aliphatic hydroxyl groups excluding tert-OH is 1. The Labute approximate surface area is 138 Å². The summed E-state index contributed by atoms with van der Waals surface area (Å²) in [5.74, 6) is -0.0399. The van der Waals surface area contributed by atoms with Crippen LogP contribution in [0.15, 0.2) is 35.5 Å². The van der Waals surface area contributed by atoms with E-state index in [0.29, 0.717) is 18.1 Å². The van der Waals surface area contributed by atoms with E-state index in [2.05, 4.69) is 22.6 Å². The molecule has 1 aromatic heterocycles. The lowest BCUT2D eigenvalue weighted by Crippen LogP contribution is -2.46. The molecule has 8 nitrogen and oxygen atoms in total. The topological polar surface area (TPSA) is 122 Å². The first-order valence-corrected chi connectivity index (χ1v) is 7.32. The maximum Gasteiger partial charge on any atom is 0.237 e. The van der Waals surface area contributed by atoms with E-state index in [0.717, 1.165) is 5.56 Å². The summed E-state index contributed by atoms with van der Waals surface area (Å²) in [6, 6.07) is 9.56. The molecule has 1 aromatic carbocycles. The van der Waals surface area contributed by atoms with Gasteiger partial charge < -0.3 is 26.4 Å². The number of anilines is 3. The lowest BCUT2D eigenvalue weighted by Gasteiger charge is -2.27. The van der Waals surface area contributed by atoms with Gasteiger partial charge in [0.1, 0.15) is 12.2 Å². The van der Waals surface area contributed by atoms with E-state index in [1.807, 2.05) is 30.3 Å². The molecule has 2 aromatic rings. The number of rotatable bonds is 4. The van der Waals surface area contributed by atoms with Crippen molar-refractivity contribution in [2.24, 2.45) is 5.73 Å². The second kappa shape index (κ2) is 5.94. The fourth-order valence-corrected chi connectivity index (χ4v) is 2.78. The van der Waals surface area contributed by atoms with Crippen molar-refractivity contribution < 1.29 is 9.90 Å². The quantitative estimate of drug-likeness (QED) is 0.457. The SMILES string of the molecule is NC(=O)CN1c2c(N)nc(S)nc2N(Cc2ccccc2)C1O. The van der Waals surface area contributed by atoms with Gasteiger partial charge in [0.2, 0.25) is 12.3 Å². The van der Waals surface area contributed by atoms with E-state index >= 15 is 0 Å². The van der Waals surface area contributed by atoms with Gasteiger partial charge in [0, 0.05) is 6.54 Å². The average molecular weight is 332 g/mol. The number of primary amides is 1. The minimum atomic E-state index is -1.12. The summed E-state index contributed by atoms with van der Waals surface area (Å²) in [6.45, 7) is 0.187. The molecule has 1 amide bonds. The van der Waals surface area contributed by atoms with Gasteiger partial charge in [0.25, 0.3) is 0 Å². The van der Waals surface area contributed by atoms with Gasteiger partial charge in [-0.3, -0.25) is 4.79 Å². The normalized spacial score (nSPS) is 16.5. The van der Waals surface area contributed by atoms with E-state index in [-0.39, 0.29) is 17.5 Å². The van der Waals surface area contributed by atoms with Crippen molar-refractivity contribution in [1.29, 1.82) is 0 Å². The molecule has 0 radical (unpaired) electrons. The fraction of sp³-hybridized carbons (Fsp3) is 0.214. The van der Waals surface area contributed by atoms with Crippen LogP contribution in [0.5, 0.6) is 0 Å². The number of benzene rings is 1. The highest BCUT2D eigenvalue weighted by molar-refractivity contribution is 7.80. The predicted octanol–water partition coefficient (Wildman–Crippen LogP) is -0.0647. The smallest absolute Gasteiger partial charge is 0.237 e. The number of fused-ring (bicyclic) bond motifs is 1. The van der Waals surface area contributed by atoms with Crippen molar-refractivity contribution in [3.05, 3.63) is 35.9 Å². The molecule has 1 aliphatic heterocycles. The van der Waals surface area contributed by atoms with Gasteiger partial charge >= 0.3 is 0 Å². The van der Waals surface area contributed by atoms with Crippen LogP contribution in [-0.4, -0.2) is 33.9 Å². The molecule has 23 heavy (non-hydrogen) atoms. The average Bonchev–Trinajstić information content (AvgIpc) is 2.73. The highest BCUT2D eigenvalue weighted by Crippen LogP contribution is 2.41.